The fourth-order valence-electron chi connectivity index (χ4n) is 4.21. The second-order valence-corrected chi connectivity index (χ2v) is 8.56. The summed E-state index contributed by atoms with van der Waals surface area (Å²) < 4.78 is 20.7. The lowest BCUT2D eigenvalue weighted by Crippen LogP contribution is -2.27. The Labute approximate surface area is 222 Å². The summed E-state index contributed by atoms with van der Waals surface area (Å²) in [6.07, 6.45) is -0.817. The van der Waals surface area contributed by atoms with Crippen molar-refractivity contribution in [1.82, 2.24) is 0 Å². The third kappa shape index (κ3) is 6.69. The molecule has 0 atom stereocenters. The third-order valence-corrected chi connectivity index (χ3v) is 5.79. The number of hydrogen-bond donors (Lipinski definition) is 4. The highest BCUT2D eigenvalue weighted by Gasteiger charge is 2.32. The Balaban J connectivity index is 0.000000216. The Hall–Kier alpha value is -3.90. The molecule has 0 spiro atoms. The molecule has 4 rings (SSSR count). The van der Waals surface area contributed by atoms with E-state index in [0.717, 1.165) is 22.5 Å². The summed E-state index contributed by atoms with van der Waals surface area (Å²) in [6.45, 7) is 6.56. The molecule has 0 unspecified atom stereocenters. The van der Waals surface area contributed by atoms with E-state index in [1.807, 2.05) is 38.1 Å². The molecule has 2 saturated heterocycles. The SMILES string of the molecule is COc1c(N2CCOC2=O)cc(C)cc1N1CCOC1=O.COc1c(NCCO)cc(C)cc1NCCO. The van der Waals surface area contributed by atoms with Crippen LogP contribution in [0.5, 0.6) is 11.5 Å². The Morgan fingerprint density at radius 2 is 1.18 bits per heavy atom. The van der Waals surface area contributed by atoms with Gasteiger partial charge in [0.05, 0.1) is 63.3 Å². The molecule has 0 radical (unpaired) electrons. The number of hydrogen-bond acceptors (Lipinski definition) is 10. The number of aliphatic hydroxyl groups is 2. The lowest BCUT2D eigenvalue weighted by atomic mass is 10.1. The van der Waals surface area contributed by atoms with Gasteiger partial charge in [-0.2, -0.15) is 0 Å². The zero-order valence-electron chi connectivity index (χ0n) is 22.2. The number of aryl methyl sites for hydroxylation is 2. The van der Waals surface area contributed by atoms with E-state index in [9.17, 15) is 9.59 Å². The molecule has 2 amide bonds. The minimum Gasteiger partial charge on any atom is -0.492 e. The van der Waals surface area contributed by atoms with Gasteiger partial charge in [-0.05, 0) is 49.2 Å². The lowest BCUT2D eigenvalue weighted by Gasteiger charge is -2.23. The smallest absolute Gasteiger partial charge is 0.414 e. The van der Waals surface area contributed by atoms with Crippen LogP contribution in [-0.4, -0.2) is 89.2 Å². The summed E-state index contributed by atoms with van der Waals surface area (Å²) in [4.78, 5) is 26.6. The predicted molar refractivity (Wildman–Crippen MR) is 144 cm³/mol. The number of methoxy groups -OCH3 is 2. The number of aliphatic hydroxyl groups excluding tert-OH is 2. The topological polar surface area (TPSA) is 142 Å². The number of carbonyl (C=O) groups excluding carboxylic acids is 2. The van der Waals surface area contributed by atoms with Crippen LogP contribution >= 0.6 is 0 Å². The van der Waals surface area contributed by atoms with Crippen molar-refractivity contribution in [3.05, 3.63) is 35.4 Å². The van der Waals surface area contributed by atoms with Gasteiger partial charge in [-0.25, -0.2) is 9.59 Å². The maximum Gasteiger partial charge on any atom is 0.414 e. The van der Waals surface area contributed by atoms with Crippen molar-refractivity contribution in [3.63, 3.8) is 0 Å². The highest BCUT2D eigenvalue weighted by Crippen LogP contribution is 2.41. The van der Waals surface area contributed by atoms with E-state index in [2.05, 4.69) is 10.6 Å². The quantitative estimate of drug-likeness (QED) is 0.361. The number of nitrogens with one attached hydrogen (secondary N) is 2. The average molecular weight is 533 g/mol. The zero-order chi connectivity index (χ0) is 27.7. The molecule has 2 aromatic carbocycles. The standard InChI is InChI=1S/C14H16N2O5.C12H20N2O3/c1-9-7-10(15-3-5-20-13(15)17)12(19-2)11(8-9)16-4-6-21-14(16)18;1-9-7-10(13-3-5-15)12(17-2)11(8-9)14-4-6-16/h7-8H,3-6H2,1-2H3;7-8,13-16H,3-6H2,1-2H3. The molecule has 4 N–H and O–H groups in total. The van der Waals surface area contributed by atoms with Gasteiger partial charge in [-0.1, -0.05) is 0 Å². The Morgan fingerprint density at radius 1 is 0.763 bits per heavy atom. The average Bonchev–Trinajstić information content (AvgIpc) is 3.53. The minimum absolute atomic E-state index is 0.0660. The lowest BCUT2D eigenvalue weighted by molar-refractivity contribution is 0.180. The second kappa shape index (κ2) is 13.6. The fraction of sp³-hybridized carbons (Fsp3) is 0.462. The molecule has 2 aliphatic rings. The van der Waals surface area contributed by atoms with Crippen molar-refractivity contribution in [1.29, 1.82) is 0 Å². The van der Waals surface area contributed by atoms with E-state index in [1.54, 1.807) is 7.11 Å². The van der Waals surface area contributed by atoms with Gasteiger partial charge in [-0.3, -0.25) is 9.80 Å². The van der Waals surface area contributed by atoms with E-state index in [1.165, 1.54) is 16.9 Å². The zero-order valence-corrected chi connectivity index (χ0v) is 22.2. The normalized spacial score (nSPS) is 14.5. The molecule has 0 aromatic heterocycles. The third-order valence-electron chi connectivity index (χ3n) is 5.79. The Kier molecular flexibility index (Phi) is 10.3. The van der Waals surface area contributed by atoms with Gasteiger partial charge >= 0.3 is 12.2 Å². The molecule has 2 aliphatic heterocycles. The minimum atomic E-state index is -0.408. The van der Waals surface area contributed by atoms with E-state index < -0.39 is 12.2 Å². The monoisotopic (exact) mass is 532 g/mol. The molecule has 0 saturated carbocycles. The summed E-state index contributed by atoms with van der Waals surface area (Å²) >= 11 is 0. The summed E-state index contributed by atoms with van der Waals surface area (Å²) in [5.74, 6) is 1.16. The number of cyclic esters (lactones) is 2. The van der Waals surface area contributed by atoms with Crippen molar-refractivity contribution in [2.24, 2.45) is 0 Å². The van der Waals surface area contributed by atoms with Crippen molar-refractivity contribution in [3.8, 4) is 11.5 Å². The largest absolute Gasteiger partial charge is 0.492 e. The number of rotatable bonds is 10. The molecular weight excluding hydrogens is 496 g/mol. The highest BCUT2D eigenvalue weighted by atomic mass is 16.6. The van der Waals surface area contributed by atoms with Gasteiger partial charge in [0.2, 0.25) is 0 Å². The van der Waals surface area contributed by atoms with Crippen LogP contribution in [0.25, 0.3) is 0 Å². The molecule has 208 valence electrons. The van der Waals surface area contributed by atoms with Crippen LogP contribution in [0.1, 0.15) is 11.1 Å². The second-order valence-electron chi connectivity index (χ2n) is 8.56. The number of carbonyl (C=O) groups is 2. The number of nitrogens with zero attached hydrogens (tertiary/aromatic N) is 2. The number of anilines is 4. The van der Waals surface area contributed by atoms with Crippen LogP contribution in [0.4, 0.5) is 32.3 Å². The molecule has 0 bridgehead atoms. The molecule has 0 aliphatic carbocycles. The van der Waals surface area contributed by atoms with Gasteiger partial charge in [0.1, 0.15) is 13.2 Å². The van der Waals surface area contributed by atoms with Crippen LogP contribution in [0.3, 0.4) is 0 Å². The molecule has 12 heteroatoms. The van der Waals surface area contributed by atoms with E-state index >= 15 is 0 Å². The highest BCUT2D eigenvalue weighted by molar-refractivity contribution is 5.97. The maximum atomic E-state index is 11.8. The number of benzene rings is 2. The molecular formula is C26H36N4O8. The number of ether oxygens (including phenoxy) is 4. The van der Waals surface area contributed by atoms with Gasteiger partial charge in [-0.15, -0.1) is 0 Å². The van der Waals surface area contributed by atoms with Crippen molar-refractivity contribution in [2.75, 3.05) is 87.3 Å². The first-order chi connectivity index (χ1) is 18.3. The predicted octanol–water partition coefficient (Wildman–Crippen LogP) is 2.73. The van der Waals surface area contributed by atoms with Gasteiger partial charge in [0, 0.05) is 13.1 Å². The molecule has 2 heterocycles. The Bertz CT molecular complexity index is 1050. The van der Waals surface area contributed by atoms with Crippen molar-refractivity contribution in [2.45, 2.75) is 13.8 Å². The first kappa shape index (κ1) is 28.7. The number of amides is 2. The van der Waals surface area contributed by atoms with E-state index in [-0.39, 0.29) is 13.2 Å². The molecule has 2 fully saturated rings. The van der Waals surface area contributed by atoms with Crippen molar-refractivity contribution >= 4 is 34.9 Å². The van der Waals surface area contributed by atoms with Crippen LogP contribution < -0.4 is 29.9 Å². The summed E-state index contributed by atoms with van der Waals surface area (Å²) in [6, 6.07) is 7.60. The fourth-order valence-corrected chi connectivity index (χ4v) is 4.21. The summed E-state index contributed by atoms with van der Waals surface area (Å²) in [7, 11) is 3.11. The molecule has 12 nitrogen and oxygen atoms in total. The van der Waals surface area contributed by atoms with Crippen LogP contribution in [0.2, 0.25) is 0 Å². The summed E-state index contributed by atoms with van der Waals surface area (Å²) in [5.41, 5.74) is 4.88. The van der Waals surface area contributed by atoms with Crippen LogP contribution in [-0.2, 0) is 9.47 Å². The Morgan fingerprint density at radius 3 is 1.53 bits per heavy atom. The van der Waals surface area contributed by atoms with Gasteiger partial charge < -0.3 is 39.8 Å². The van der Waals surface area contributed by atoms with Crippen molar-refractivity contribution < 1.29 is 38.7 Å². The van der Waals surface area contributed by atoms with E-state index in [4.69, 9.17) is 29.2 Å². The van der Waals surface area contributed by atoms with Gasteiger partial charge in [0.15, 0.2) is 11.5 Å². The maximum absolute atomic E-state index is 11.8. The molecule has 2 aromatic rings. The van der Waals surface area contributed by atoms with Crippen LogP contribution in [0.15, 0.2) is 24.3 Å². The first-order valence-electron chi connectivity index (χ1n) is 12.3. The first-order valence-corrected chi connectivity index (χ1v) is 12.3. The summed E-state index contributed by atoms with van der Waals surface area (Å²) in [5, 5.41) is 23.8. The van der Waals surface area contributed by atoms with Crippen LogP contribution in [0, 0.1) is 13.8 Å². The van der Waals surface area contributed by atoms with E-state index in [0.29, 0.717) is 62.3 Å². The van der Waals surface area contributed by atoms with Gasteiger partial charge in [0.25, 0.3) is 0 Å². The molecule has 38 heavy (non-hydrogen) atoms.